The van der Waals surface area contributed by atoms with Crippen LogP contribution in [0.25, 0.3) is 11.3 Å². The molecule has 0 amide bonds. The first kappa shape index (κ1) is 8.56. The Labute approximate surface area is 80.7 Å². The van der Waals surface area contributed by atoms with Crippen molar-refractivity contribution in [1.82, 2.24) is 4.98 Å². The highest BCUT2D eigenvalue weighted by Crippen LogP contribution is 2.19. The molecule has 0 bridgehead atoms. The van der Waals surface area contributed by atoms with Crippen molar-refractivity contribution < 1.29 is 5.11 Å². The van der Waals surface area contributed by atoms with Crippen molar-refractivity contribution in [1.29, 1.82) is 0 Å². The van der Waals surface area contributed by atoms with Gasteiger partial charge in [-0.2, -0.15) is 0 Å². The Morgan fingerprint density at radius 2 is 1.86 bits per heavy atom. The van der Waals surface area contributed by atoms with Gasteiger partial charge < -0.3 is 10.1 Å². The Balaban J connectivity index is 2.55. The van der Waals surface area contributed by atoms with Gasteiger partial charge in [0.2, 0.25) is 5.56 Å². The average molecular weight is 187 g/mol. The first-order valence-corrected chi connectivity index (χ1v) is 4.24. The lowest BCUT2D eigenvalue weighted by molar-refractivity contribution is 0.475. The number of hydrogen-bond acceptors (Lipinski definition) is 2. The number of H-pyrrole nitrogens is 1. The highest BCUT2D eigenvalue weighted by Gasteiger charge is 1.98. The third kappa shape index (κ3) is 1.66. The number of aromatic hydroxyl groups is 1. The molecule has 70 valence electrons. The van der Waals surface area contributed by atoms with Gasteiger partial charge in [-0.25, -0.2) is 0 Å². The summed E-state index contributed by atoms with van der Waals surface area (Å²) in [5.74, 6) is 0.187. The molecule has 3 nitrogen and oxygen atoms in total. The van der Waals surface area contributed by atoms with Gasteiger partial charge in [0.25, 0.3) is 0 Å². The molecule has 0 aliphatic carbocycles. The lowest BCUT2D eigenvalue weighted by Crippen LogP contribution is -2.03. The van der Waals surface area contributed by atoms with E-state index in [9.17, 15) is 9.90 Å². The molecular weight excluding hydrogens is 178 g/mol. The van der Waals surface area contributed by atoms with Crippen LogP contribution in [0.1, 0.15) is 0 Å². The Morgan fingerprint density at radius 3 is 2.57 bits per heavy atom. The van der Waals surface area contributed by atoms with Crippen molar-refractivity contribution in [3.63, 3.8) is 0 Å². The van der Waals surface area contributed by atoms with Crippen molar-refractivity contribution in [2.24, 2.45) is 0 Å². The van der Waals surface area contributed by atoms with Gasteiger partial charge in [-0.1, -0.05) is 18.2 Å². The van der Waals surface area contributed by atoms with Gasteiger partial charge in [-0.3, -0.25) is 4.79 Å². The second kappa shape index (κ2) is 3.38. The molecule has 0 radical (unpaired) electrons. The minimum atomic E-state index is -0.147. The van der Waals surface area contributed by atoms with Crippen LogP contribution in [-0.4, -0.2) is 10.1 Å². The molecule has 1 aromatic carbocycles. The molecule has 0 aliphatic rings. The van der Waals surface area contributed by atoms with Gasteiger partial charge in [0.1, 0.15) is 5.75 Å². The predicted molar refractivity (Wildman–Crippen MR) is 54.2 cm³/mol. The number of aromatic amines is 1. The van der Waals surface area contributed by atoms with Crippen molar-refractivity contribution in [3.05, 3.63) is 52.8 Å². The van der Waals surface area contributed by atoms with Crippen LogP contribution in [0.3, 0.4) is 0 Å². The van der Waals surface area contributed by atoms with Gasteiger partial charge in [0.15, 0.2) is 0 Å². The van der Waals surface area contributed by atoms with E-state index >= 15 is 0 Å². The van der Waals surface area contributed by atoms with Gasteiger partial charge in [-0.05, 0) is 18.2 Å². The van der Waals surface area contributed by atoms with E-state index in [1.165, 1.54) is 6.07 Å². The molecule has 2 N–H and O–H groups in total. The molecule has 0 atom stereocenters. The molecule has 1 heterocycles. The summed E-state index contributed by atoms with van der Waals surface area (Å²) in [7, 11) is 0. The SMILES string of the molecule is O=c1cccc(-c2cccc(O)c2)[nH]1. The first-order chi connectivity index (χ1) is 6.75. The van der Waals surface area contributed by atoms with E-state index in [-0.39, 0.29) is 11.3 Å². The molecular formula is C11H9NO2. The standard InChI is InChI=1S/C11H9NO2/c13-9-4-1-3-8(7-9)10-5-2-6-11(14)12-10/h1-7,13H,(H,12,14). The maximum atomic E-state index is 11.0. The lowest BCUT2D eigenvalue weighted by atomic mass is 10.1. The second-order valence-electron chi connectivity index (χ2n) is 2.98. The molecule has 2 rings (SSSR count). The van der Waals surface area contributed by atoms with Crippen molar-refractivity contribution in [2.75, 3.05) is 0 Å². The number of benzene rings is 1. The molecule has 3 heteroatoms. The van der Waals surface area contributed by atoms with Crippen molar-refractivity contribution in [3.8, 4) is 17.0 Å². The lowest BCUT2D eigenvalue weighted by Gasteiger charge is -2.00. The topological polar surface area (TPSA) is 53.1 Å². The van der Waals surface area contributed by atoms with Gasteiger partial charge in [-0.15, -0.1) is 0 Å². The number of aromatic nitrogens is 1. The number of rotatable bonds is 1. The zero-order valence-corrected chi connectivity index (χ0v) is 7.40. The average Bonchev–Trinajstić information content (AvgIpc) is 2.18. The van der Waals surface area contributed by atoms with E-state index in [2.05, 4.69) is 4.98 Å². The van der Waals surface area contributed by atoms with Gasteiger partial charge >= 0.3 is 0 Å². The van der Waals surface area contributed by atoms with Crippen LogP contribution in [-0.2, 0) is 0 Å². The highest BCUT2D eigenvalue weighted by atomic mass is 16.3. The van der Waals surface area contributed by atoms with Crippen LogP contribution in [0.5, 0.6) is 5.75 Å². The van der Waals surface area contributed by atoms with E-state index < -0.39 is 0 Å². The zero-order chi connectivity index (χ0) is 9.97. The number of nitrogens with one attached hydrogen (secondary N) is 1. The molecule has 0 saturated heterocycles. The fourth-order valence-corrected chi connectivity index (χ4v) is 1.29. The minimum Gasteiger partial charge on any atom is -0.508 e. The fourth-order valence-electron chi connectivity index (χ4n) is 1.29. The summed E-state index contributed by atoms with van der Waals surface area (Å²) >= 11 is 0. The summed E-state index contributed by atoms with van der Waals surface area (Å²) in [5, 5.41) is 9.25. The summed E-state index contributed by atoms with van der Waals surface area (Å²) in [6.07, 6.45) is 0. The van der Waals surface area contributed by atoms with Crippen molar-refractivity contribution in [2.45, 2.75) is 0 Å². The van der Waals surface area contributed by atoms with E-state index in [4.69, 9.17) is 0 Å². The maximum absolute atomic E-state index is 11.0. The van der Waals surface area contributed by atoms with Crippen LogP contribution < -0.4 is 5.56 Å². The van der Waals surface area contributed by atoms with Crippen LogP contribution >= 0.6 is 0 Å². The molecule has 0 spiro atoms. The predicted octanol–water partition coefficient (Wildman–Crippen LogP) is 1.75. The number of phenolic OH excluding ortho intramolecular Hbond substituents is 1. The summed E-state index contributed by atoms with van der Waals surface area (Å²) < 4.78 is 0. The minimum absolute atomic E-state index is 0.147. The molecule has 0 saturated carbocycles. The molecule has 0 aliphatic heterocycles. The number of pyridine rings is 1. The molecule has 2 aromatic rings. The third-order valence-electron chi connectivity index (χ3n) is 1.93. The van der Waals surface area contributed by atoms with Gasteiger partial charge in [0, 0.05) is 17.3 Å². The van der Waals surface area contributed by atoms with Crippen molar-refractivity contribution >= 4 is 0 Å². The largest absolute Gasteiger partial charge is 0.508 e. The monoisotopic (exact) mass is 187 g/mol. The molecule has 0 unspecified atom stereocenters. The number of phenols is 1. The summed E-state index contributed by atoms with van der Waals surface area (Å²) in [6, 6.07) is 11.7. The third-order valence-corrected chi connectivity index (χ3v) is 1.93. The second-order valence-corrected chi connectivity index (χ2v) is 2.98. The Bertz CT molecular complexity index is 502. The first-order valence-electron chi connectivity index (χ1n) is 4.24. The quantitative estimate of drug-likeness (QED) is 0.714. The normalized spacial score (nSPS) is 10.0. The molecule has 14 heavy (non-hydrogen) atoms. The summed E-state index contributed by atoms with van der Waals surface area (Å²) in [4.78, 5) is 13.7. The summed E-state index contributed by atoms with van der Waals surface area (Å²) in [5.41, 5.74) is 1.35. The zero-order valence-electron chi connectivity index (χ0n) is 7.40. The fraction of sp³-hybridized carbons (Fsp3) is 0. The Kier molecular flexibility index (Phi) is 2.07. The molecule has 0 fully saturated rings. The van der Waals surface area contributed by atoms with Crippen LogP contribution in [0, 0.1) is 0 Å². The van der Waals surface area contributed by atoms with Crippen LogP contribution in [0.2, 0.25) is 0 Å². The Hall–Kier alpha value is -2.03. The smallest absolute Gasteiger partial charge is 0.248 e. The van der Waals surface area contributed by atoms with Gasteiger partial charge in [0.05, 0.1) is 0 Å². The van der Waals surface area contributed by atoms with Crippen LogP contribution in [0.15, 0.2) is 47.3 Å². The van der Waals surface area contributed by atoms with E-state index in [1.54, 1.807) is 30.3 Å². The van der Waals surface area contributed by atoms with E-state index in [0.717, 1.165) is 5.56 Å². The van der Waals surface area contributed by atoms with E-state index in [0.29, 0.717) is 5.69 Å². The van der Waals surface area contributed by atoms with Crippen LogP contribution in [0.4, 0.5) is 0 Å². The summed E-state index contributed by atoms with van der Waals surface area (Å²) in [6.45, 7) is 0. The van der Waals surface area contributed by atoms with E-state index in [1.807, 2.05) is 6.07 Å². The highest BCUT2D eigenvalue weighted by molar-refractivity contribution is 5.60. The molecule has 1 aromatic heterocycles. The maximum Gasteiger partial charge on any atom is 0.248 e. The Morgan fingerprint density at radius 1 is 1.07 bits per heavy atom. The number of hydrogen-bond donors (Lipinski definition) is 2.